The minimum Gasteiger partial charge on any atom is -0.378 e. The fraction of sp³-hybridized carbons (Fsp3) is 0.611. The fourth-order valence-electron chi connectivity index (χ4n) is 3.52. The second kappa shape index (κ2) is 7.00. The van der Waals surface area contributed by atoms with Gasteiger partial charge in [-0.3, -0.25) is 9.59 Å². The molecule has 7 nitrogen and oxygen atoms in total. The number of rotatable bonds is 5. The van der Waals surface area contributed by atoms with Crippen molar-refractivity contribution in [3.8, 4) is 0 Å². The number of hydrogen-bond donors (Lipinski definition) is 1. The third kappa shape index (κ3) is 3.76. The Labute approximate surface area is 147 Å². The molecule has 4 rings (SSSR count). The van der Waals surface area contributed by atoms with Gasteiger partial charge < -0.3 is 19.9 Å². The van der Waals surface area contributed by atoms with Gasteiger partial charge in [-0.2, -0.15) is 0 Å². The lowest BCUT2D eigenvalue weighted by Crippen LogP contribution is -2.37. The predicted molar refractivity (Wildman–Crippen MR) is 92.0 cm³/mol. The van der Waals surface area contributed by atoms with Gasteiger partial charge in [-0.1, -0.05) is 0 Å². The SMILES string of the molecule is O=C(NCc1ccnc(N2CCOCC2)c1)[C@H]1CC(=O)N(C2CC2)C1. The first-order valence-corrected chi connectivity index (χ1v) is 9.05. The molecule has 3 heterocycles. The van der Waals surface area contributed by atoms with Gasteiger partial charge >= 0.3 is 0 Å². The Morgan fingerprint density at radius 1 is 1.32 bits per heavy atom. The maximum absolute atomic E-state index is 12.4. The molecule has 2 saturated heterocycles. The summed E-state index contributed by atoms with van der Waals surface area (Å²) in [5.41, 5.74) is 1.02. The molecule has 0 radical (unpaired) electrons. The van der Waals surface area contributed by atoms with Crippen LogP contribution in [-0.2, 0) is 20.9 Å². The van der Waals surface area contributed by atoms with E-state index in [1.54, 1.807) is 6.20 Å². The number of pyridine rings is 1. The maximum atomic E-state index is 12.4. The van der Waals surface area contributed by atoms with Gasteiger partial charge in [0.05, 0.1) is 19.1 Å². The van der Waals surface area contributed by atoms with E-state index in [-0.39, 0.29) is 17.7 Å². The first-order chi connectivity index (χ1) is 12.2. The molecule has 25 heavy (non-hydrogen) atoms. The Balaban J connectivity index is 1.32. The topological polar surface area (TPSA) is 74.8 Å². The summed E-state index contributed by atoms with van der Waals surface area (Å²) in [6.45, 7) is 4.15. The molecular formula is C18H24N4O3. The monoisotopic (exact) mass is 344 g/mol. The van der Waals surface area contributed by atoms with Gasteiger partial charge in [-0.15, -0.1) is 0 Å². The molecule has 1 aromatic heterocycles. The summed E-state index contributed by atoms with van der Waals surface area (Å²) in [6, 6.07) is 4.32. The van der Waals surface area contributed by atoms with Crippen LogP contribution in [0.3, 0.4) is 0 Å². The van der Waals surface area contributed by atoms with Crippen molar-refractivity contribution >= 4 is 17.6 Å². The Hall–Kier alpha value is -2.15. The Morgan fingerprint density at radius 3 is 2.88 bits per heavy atom. The average molecular weight is 344 g/mol. The van der Waals surface area contributed by atoms with Gasteiger partial charge in [0.15, 0.2) is 0 Å². The lowest BCUT2D eigenvalue weighted by Gasteiger charge is -2.28. The summed E-state index contributed by atoms with van der Waals surface area (Å²) < 4.78 is 5.37. The summed E-state index contributed by atoms with van der Waals surface area (Å²) in [5, 5.41) is 2.98. The molecule has 1 atom stereocenters. The number of ether oxygens (including phenoxy) is 1. The van der Waals surface area contributed by atoms with Crippen molar-refractivity contribution in [3.63, 3.8) is 0 Å². The lowest BCUT2D eigenvalue weighted by atomic mass is 10.1. The van der Waals surface area contributed by atoms with E-state index in [1.807, 2.05) is 17.0 Å². The van der Waals surface area contributed by atoms with Crippen LogP contribution in [0.15, 0.2) is 18.3 Å². The molecule has 1 aliphatic carbocycles. The molecule has 0 aromatic carbocycles. The second-order valence-corrected chi connectivity index (χ2v) is 7.02. The second-order valence-electron chi connectivity index (χ2n) is 7.02. The quantitative estimate of drug-likeness (QED) is 0.844. The third-order valence-corrected chi connectivity index (χ3v) is 5.13. The number of likely N-dealkylation sites (tertiary alicyclic amines) is 1. The highest BCUT2D eigenvalue weighted by Gasteiger charge is 2.41. The number of aromatic nitrogens is 1. The van der Waals surface area contributed by atoms with Crippen LogP contribution in [0.4, 0.5) is 5.82 Å². The van der Waals surface area contributed by atoms with Crippen LogP contribution < -0.4 is 10.2 Å². The van der Waals surface area contributed by atoms with Crippen molar-refractivity contribution in [3.05, 3.63) is 23.9 Å². The molecule has 2 amide bonds. The molecule has 0 unspecified atom stereocenters. The largest absolute Gasteiger partial charge is 0.378 e. The van der Waals surface area contributed by atoms with Crippen LogP contribution in [-0.4, -0.2) is 60.6 Å². The van der Waals surface area contributed by atoms with E-state index in [4.69, 9.17) is 4.74 Å². The summed E-state index contributed by atoms with van der Waals surface area (Å²) in [7, 11) is 0. The van der Waals surface area contributed by atoms with E-state index >= 15 is 0 Å². The number of hydrogen-bond acceptors (Lipinski definition) is 5. The van der Waals surface area contributed by atoms with Gasteiger partial charge in [0.25, 0.3) is 0 Å². The molecule has 134 valence electrons. The van der Waals surface area contributed by atoms with Crippen LogP contribution in [0, 0.1) is 5.92 Å². The summed E-state index contributed by atoms with van der Waals surface area (Å²) in [4.78, 5) is 32.9. The average Bonchev–Trinajstić information content (AvgIpc) is 3.42. The van der Waals surface area contributed by atoms with Gasteiger partial charge in [-0.25, -0.2) is 4.98 Å². The van der Waals surface area contributed by atoms with E-state index in [0.29, 0.717) is 25.6 Å². The van der Waals surface area contributed by atoms with E-state index in [1.165, 1.54) is 0 Å². The minimum atomic E-state index is -0.214. The maximum Gasteiger partial charge on any atom is 0.225 e. The van der Waals surface area contributed by atoms with Crippen LogP contribution in [0.1, 0.15) is 24.8 Å². The molecule has 3 aliphatic rings. The van der Waals surface area contributed by atoms with E-state index in [0.717, 1.165) is 50.5 Å². The number of carbonyl (C=O) groups excluding carboxylic acids is 2. The molecular weight excluding hydrogens is 320 g/mol. The van der Waals surface area contributed by atoms with Crippen molar-refractivity contribution in [1.82, 2.24) is 15.2 Å². The van der Waals surface area contributed by atoms with Crippen LogP contribution in [0.5, 0.6) is 0 Å². The van der Waals surface area contributed by atoms with Crippen molar-refractivity contribution in [2.24, 2.45) is 5.92 Å². The van der Waals surface area contributed by atoms with Crippen LogP contribution >= 0.6 is 0 Å². The summed E-state index contributed by atoms with van der Waals surface area (Å²) >= 11 is 0. The fourth-order valence-corrected chi connectivity index (χ4v) is 3.52. The van der Waals surface area contributed by atoms with Gasteiger partial charge in [0.2, 0.25) is 11.8 Å². The molecule has 1 N–H and O–H groups in total. The Kier molecular flexibility index (Phi) is 4.57. The molecule has 0 spiro atoms. The van der Waals surface area contributed by atoms with Gasteiger partial charge in [0, 0.05) is 44.8 Å². The molecule has 2 aliphatic heterocycles. The third-order valence-electron chi connectivity index (χ3n) is 5.13. The minimum absolute atomic E-state index is 0.0266. The lowest BCUT2D eigenvalue weighted by molar-refractivity contribution is -0.129. The highest BCUT2D eigenvalue weighted by Crippen LogP contribution is 2.32. The number of morpholine rings is 1. The summed E-state index contributed by atoms with van der Waals surface area (Å²) in [5.74, 6) is 0.807. The highest BCUT2D eigenvalue weighted by atomic mass is 16.5. The normalized spacial score (nSPS) is 23.8. The first kappa shape index (κ1) is 16.3. The Bertz CT molecular complexity index is 655. The molecule has 1 aromatic rings. The molecule has 7 heteroatoms. The smallest absolute Gasteiger partial charge is 0.225 e. The zero-order chi connectivity index (χ0) is 17.2. The molecule has 3 fully saturated rings. The predicted octanol–water partition coefficient (Wildman–Crippen LogP) is 0.545. The van der Waals surface area contributed by atoms with Crippen molar-refractivity contribution in [2.45, 2.75) is 31.8 Å². The highest BCUT2D eigenvalue weighted by molar-refractivity contribution is 5.89. The molecule has 1 saturated carbocycles. The number of nitrogens with zero attached hydrogens (tertiary/aromatic N) is 3. The first-order valence-electron chi connectivity index (χ1n) is 9.05. The van der Waals surface area contributed by atoms with E-state index in [2.05, 4.69) is 15.2 Å². The van der Waals surface area contributed by atoms with Crippen molar-refractivity contribution in [1.29, 1.82) is 0 Å². The van der Waals surface area contributed by atoms with Gasteiger partial charge in [0.1, 0.15) is 5.82 Å². The molecule has 0 bridgehead atoms. The Morgan fingerprint density at radius 2 is 2.12 bits per heavy atom. The van der Waals surface area contributed by atoms with Crippen LogP contribution in [0.2, 0.25) is 0 Å². The number of amides is 2. The van der Waals surface area contributed by atoms with Crippen molar-refractivity contribution in [2.75, 3.05) is 37.7 Å². The van der Waals surface area contributed by atoms with Crippen LogP contribution in [0.25, 0.3) is 0 Å². The number of carbonyl (C=O) groups is 2. The van der Waals surface area contributed by atoms with E-state index in [9.17, 15) is 9.59 Å². The number of anilines is 1. The van der Waals surface area contributed by atoms with Gasteiger partial charge in [-0.05, 0) is 30.5 Å². The standard InChI is InChI=1S/C18H24N4O3/c23-17-10-14(12-22(17)15-1-2-15)18(24)20-11-13-3-4-19-16(9-13)21-5-7-25-8-6-21/h3-4,9,14-15H,1-2,5-8,10-12H2,(H,20,24)/t14-/m0/s1. The number of nitrogens with one attached hydrogen (secondary N) is 1. The van der Waals surface area contributed by atoms with Crippen molar-refractivity contribution < 1.29 is 14.3 Å². The van der Waals surface area contributed by atoms with E-state index < -0.39 is 0 Å². The zero-order valence-electron chi connectivity index (χ0n) is 14.3. The summed E-state index contributed by atoms with van der Waals surface area (Å²) in [6.07, 6.45) is 4.29. The zero-order valence-corrected chi connectivity index (χ0v) is 14.3.